The molecule has 1 amide bonds. The molecule has 2 heterocycles. The number of hydrogen-bond acceptors (Lipinski definition) is 3. The molecule has 0 bridgehead atoms. The maximum Gasteiger partial charge on any atom is 0.393 e. The number of nitrogens with zero attached hydrogens (tertiary/aromatic N) is 2. The van der Waals surface area contributed by atoms with E-state index in [0.29, 0.717) is 13.0 Å². The molecule has 0 saturated carbocycles. The van der Waals surface area contributed by atoms with E-state index >= 15 is 0 Å². The fourth-order valence-corrected chi connectivity index (χ4v) is 2.20. The summed E-state index contributed by atoms with van der Waals surface area (Å²) in [7, 11) is 0. The summed E-state index contributed by atoms with van der Waals surface area (Å²) < 4.78 is 38.1. The number of anilines is 1. The largest absolute Gasteiger partial charge is 0.397 e. The van der Waals surface area contributed by atoms with E-state index in [9.17, 15) is 18.0 Å². The topological polar surface area (TPSA) is 59.2 Å². The van der Waals surface area contributed by atoms with Gasteiger partial charge in [0.1, 0.15) is 0 Å². The third kappa shape index (κ3) is 2.97. The van der Waals surface area contributed by atoms with Gasteiger partial charge in [0.25, 0.3) is 5.91 Å². The number of alkyl halides is 3. The van der Waals surface area contributed by atoms with Gasteiger partial charge in [-0.15, -0.1) is 0 Å². The highest BCUT2D eigenvalue weighted by atomic mass is 19.4. The highest BCUT2D eigenvalue weighted by Gasteiger charge is 2.42. The van der Waals surface area contributed by atoms with Crippen molar-refractivity contribution in [2.75, 3.05) is 18.8 Å². The summed E-state index contributed by atoms with van der Waals surface area (Å²) >= 11 is 0. The van der Waals surface area contributed by atoms with Crippen LogP contribution in [0.25, 0.3) is 0 Å². The lowest BCUT2D eigenvalue weighted by molar-refractivity contribution is -0.184. The lowest BCUT2D eigenvalue weighted by Crippen LogP contribution is -2.44. The van der Waals surface area contributed by atoms with E-state index in [1.54, 1.807) is 0 Å². The molecule has 4 nitrogen and oxygen atoms in total. The Morgan fingerprint density at radius 3 is 2.84 bits per heavy atom. The van der Waals surface area contributed by atoms with E-state index in [0.717, 1.165) is 0 Å². The minimum Gasteiger partial charge on any atom is -0.397 e. The number of nitrogens with two attached hydrogens (primary N) is 1. The molecule has 0 aliphatic carbocycles. The van der Waals surface area contributed by atoms with E-state index < -0.39 is 18.0 Å². The summed E-state index contributed by atoms with van der Waals surface area (Å²) in [6, 6.07) is 1.43. The van der Waals surface area contributed by atoms with Crippen LogP contribution in [0.1, 0.15) is 23.2 Å². The number of amides is 1. The Morgan fingerprint density at radius 1 is 1.47 bits per heavy atom. The molecule has 1 saturated heterocycles. The number of hydrogen-bond donors (Lipinski definition) is 1. The minimum absolute atomic E-state index is 0.0686. The molecule has 104 valence electrons. The van der Waals surface area contributed by atoms with Gasteiger partial charge in [-0.05, 0) is 18.9 Å². The molecule has 1 unspecified atom stereocenters. The van der Waals surface area contributed by atoms with Gasteiger partial charge in [0, 0.05) is 19.3 Å². The number of rotatable bonds is 1. The van der Waals surface area contributed by atoms with Crippen LogP contribution in [0.15, 0.2) is 18.5 Å². The van der Waals surface area contributed by atoms with E-state index in [4.69, 9.17) is 5.73 Å². The van der Waals surface area contributed by atoms with Crippen molar-refractivity contribution in [2.45, 2.75) is 19.0 Å². The van der Waals surface area contributed by atoms with Gasteiger partial charge in [-0.2, -0.15) is 13.2 Å². The van der Waals surface area contributed by atoms with Crippen LogP contribution >= 0.6 is 0 Å². The average Bonchev–Trinajstić information content (AvgIpc) is 2.38. The Kier molecular flexibility index (Phi) is 3.64. The third-order valence-corrected chi connectivity index (χ3v) is 3.25. The molecule has 1 fully saturated rings. The molecule has 0 spiro atoms. The minimum atomic E-state index is -4.26. The van der Waals surface area contributed by atoms with Crippen molar-refractivity contribution in [2.24, 2.45) is 5.92 Å². The molecule has 19 heavy (non-hydrogen) atoms. The summed E-state index contributed by atoms with van der Waals surface area (Å²) in [5, 5.41) is 0. The molecule has 2 N–H and O–H groups in total. The SMILES string of the molecule is Nc1cnccc1C(=O)N1CCCC(C(F)(F)F)C1. The van der Waals surface area contributed by atoms with Crippen LogP contribution in [-0.2, 0) is 0 Å². The second kappa shape index (κ2) is 5.07. The van der Waals surface area contributed by atoms with Crippen molar-refractivity contribution < 1.29 is 18.0 Å². The first-order valence-electron chi connectivity index (χ1n) is 5.95. The maximum absolute atomic E-state index is 12.7. The van der Waals surface area contributed by atoms with Crippen molar-refractivity contribution in [3.05, 3.63) is 24.0 Å². The van der Waals surface area contributed by atoms with Crippen molar-refractivity contribution >= 4 is 11.6 Å². The summed E-state index contributed by atoms with van der Waals surface area (Å²) in [5.74, 6) is -1.91. The highest BCUT2D eigenvalue weighted by Crippen LogP contribution is 2.33. The predicted molar refractivity (Wildman–Crippen MR) is 63.3 cm³/mol. The molecular weight excluding hydrogens is 259 g/mol. The molecule has 1 aliphatic rings. The first-order valence-corrected chi connectivity index (χ1v) is 5.95. The molecule has 0 aromatic carbocycles. The molecular formula is C12H14F3N3O. The lowest BCUT2D eigenvalue weighted by Gasteiger charge is -2.33. The Morgan fingerprint density at radius 2 is 2.21 bits per heavy atom. The van der Waals surface area contributed by atoms with Gasteiger partial charge >= 0.3 is 6.18 Å². The van der Waals surface area contributed by atoms with Crippen LogP contribution in [-0.4, -0.2) is 35.1 Å². The number of halogens is 3. The summed E-state index contributed by atoms with van der Waals surface area (Å²) in [4.78, 5) is 17.1. The Bertz CT molecular complexity index is 476. The monoisotopic (exact) mass is 273 g/mol. The molecule has 0 radical (unpaired) electrons. The van der Waals surface area contributed by atoms with Crippen LogP contribution in [0.3, 0.4) is 0 Å². The standard InChI is InChI=1S/C12H14F3N3O/c13-12(14,15)8-2-1-5-18(7-8)11(19)9-3-4-17-6-10(9)16/h3-4,6,8H,1-2,5,7,16H2. The van der Waals surface area contributed by atoms with E-state index in [1.807, 2.05) is 0 Å². The molecule has 2 rings (SSSR count). The van der Waals surface area contributed by atoms with Gasteiger partial charge in [-0.1, -0.05) is 0 Å². The van der Waals surface area contributed by atoms with Crippen LogP contribution in [0, 0.1) is 5.92 Å². The van der Waals surface area contributed by atoms with Crippen LogP contribution < -0.4 is 5.73 Å². The van der Waals surface area contributed by atoms with Crippen molar-refractivity contribution in [1.29, 1.82) is 0 Å². The summed E-state index contributed by atoms with van der Waals surface area (Å²) in [6.45, 7) is 0.0251. The van der Waals surface area contributed by atoms with Crippen LogP contribution in [0.4, 0.5) is 18.9 Å². The zero-order valence-electron chi connectivity index (χ0n) is 10.2. The lowest BCUT2D eigenvalue weighted by atomic mass is 9.97. The first kappa shape index (κ1) is 13.6. The number of carbonyl (C=O) groups is 1. The molecule has 1 aliphatic heterocycles. The van der Waals surface area contributed by atoms with Crippen LogP contribution in [0.5, 0.6) is 0 Å². The first-order chi connectivity index (χ1) is 8.89. The van der Waals surface area contributed by atoms with Gasteiger partial charge < -0.3 is 10.6 Å². The number of likely N-dealkylation sites (tertiary alicyclic amines) is 1. The second-order valence-electron chi connectivity index (χ2n) is 4.59. The Labute approximate surface area is 108 Å². The molecule has 7 heteroatoms. The summed E-state index contributed by atoms with van der Waals surface area (Å²) in [5.41, 5.74) is 6.00. The molecule has 1 atom stereocenters. The zero-order chi connectivity index (χ0) is 14.0. The Balaban J connectivity index is 2.14. The molecule has 1 aromatic rings. The highest BCUT2D eigenvalue weighted by molar-refractivity contribution is 5.98. The smallest absolute Gasteiger partial charge is 0.393 e. The maximum atomic E-state index is 12.7. The number of nitrogen functional groups attached to an aromatic ring is 1. The second-order valence-corrected chi connectivity index (χ2v) is 4.59. The predicted octanol–water partition coefficient (Wildman–Crippen LogP) is 2.08. The van der Waals surface area contributed by atoms with Crippen LogP contribution in [0.2, 0.25) is 0 Å². The zero-order valence-corrected chi connectivity index (χ0v) is 10.2. The van der Waals surface area contributed by atoms with E-state index in [1.165, 1.54) is 23.4 Å². The third-order valence-electron chi connectivity index (χ3n) is 3.25. The van der Waals surface area contributed by atoms with Crippen molar-refractivity contribution in [3.8, 4) is 0 Å². The molecule has 1 aromatic heterocycles. The number of pyridine rings is 1. The van der Waals surface area contributed by atoms with Crippen molar-refractivity contribution in [1.82, 2.24) is 9.88 Å². The fourth-order valence-electron chi connectivity index (χ4n) is 2.20. The quantitative estimate of drug-likeness (QED) is 0.852. The number of carbonyl (C=O) groups excluding carboxylic acids is 1. The van der Waals surface area contributed by atoms with Gasteiger partial charge in [0.05, 0.1) is 23.4 Å². The summed E-state index contributed by atoms with van der Waals surface area (Å²) in [6.07, 6.45) is -1.13. The van der Waals surface area contributed by atoms with Gasteiger partial charge in [-0.3, -0.25) is 9.78 Å². The Hall–Kier alpha value is -1.79. The van der Waals surface area contributed by atoms with Crippen molar-refractivity contribution in [3.63, 3.8) is 0 Å². The normalized spacial score (nSPS) is 20.4. The number of aromatic nitrogens is 1. The van der Waals surface area contributed by atoms with E-state index in [2.05, 4.69) is 4.98 Å². The van der Waals surface area contributed by atoms with Gasteiger partial charge in [0.15, 0.2) is 0 Å². The fraction of sp³-hybridized carbons (Fsp3) is 0.500. The van der Waals surface area contributed by atoms with Gasteiger partial charge in [0.2, 0.25) is 0 Å². The van der Waals surface area contributed by atoms with E-state index in [-0.39, 0.29) is 24.2 Å². The van der Waals surface area contributed by atoms with Gasteiger partial charge in [-0.25, -0.2) is 0 Å². The number of piperidine rings is 1. The average molecular weight is 273 g/mol.